The molecule has 0 amide bonds. The van der Waals surface area contributed by atoms with Crippen LogP contribution in [0, 0.1) is 4.77 Å². The number of aliphatic hydroxyl groups is 2. The van der Waals surface area contributed by atoms with Gasteiger partial charge in [-0.3, -0.25) is 14.3 Å². The fraction of sp³-hybridized carbons (Fsp3) is 0.167. The Morgan fingerprint density at radius 3 is 1.93 bits per heavy atom. The normalized spacial score (nSPS) is 22.8. The molecule has 44 heavy (non-hydrogen) atoms. The molecule has 1 aromatic heterocycles. The summed E-state index contributed by atoms with van der Waals surface area (Å²) in [6.07, 6.45) is -2.49. The van der Waals surface area contributed by atoms with Crippen molar-refractivity contribution in [2.75, 3.05) is 6.61 Å². The van der Waals surface area contributed by atoms with Crippen molar-refractivity contribution in [2.24, 2.45) is 0 Å². The topological polar surface area (TPSA) is 209 Å². The molecule has 6 N–H and O–H groups in total. The van der Waals surface area contributed by atoms with Gasteiger partial charge in [-0.15, -0.1) is 0 Å². The van der Waals surface area contributed by atoms with Crippen LogP contribution in [0.5, 0.6) is 5.75 Å². The van der Waals surface area contributed by atoms with E-state index in [0.717, 1.165) is 16.8 Å². The standard InChI is InChI=1S/C30H24N2O11S/c33-15-22-24(35)29(19-10-4-1-7-16(19)25(36)37,42-21-12-6-3-9-18(21)27(40)41)30(43-22,32-14-13-23(34)31-28(32)44)20-11-5-2-8-17(20)26(38)39/h1-14,22,24,33,35H,15H2,(H,36,37)(H,38,39)(H,40,41)(H,31,34,44)/t22-,24-,29-,30-/m1/s1. The smallest absolute Gasteiger partial charge is 0.339 e. The summed E-state index contributed by atoms with van der Waals surface area (Å²) >= 11 is 5.51. The van der Waals surface area contributed by atoms with Crippen molar-refractivity contribution in [2.45, 2.75) is 23.5 Å². The summed E-state index contributed by atoms with van der Waals surface area (Å²) in [4.78, 5) is 52.4. The van der Waals surface area contributed by atoms with Crippen LogP contribution in [-0.4, -0.2) is 71.8 Å². The van der Waals surface area contributed by atoms with E-state index < -0.39 is 70.3 Å². The average Bonchev–Trinajstić information content (AvgIpc) is 3.25. The van der Waals surface area contributed by atoms with Crippen LogP contribution in [0.15, 0.2) is 89.9 Å². The summed E-state index contributed by atoms with van der Waals surface area (Å²) in [5, 5.41) is 53.3. The molecule has 4 aromatic rings. The van der Waals surface area contributed by atoms with Crippen molar-refractivity contribution < 1.29 is 49.4 Å². The second-order valence-corrected chi connectivity index (χ2v) is 10.1. The lowest BCUT2D eigenvalue weighted by molar-refractivity contribution is -0.163. The molecular weight excluding hydrogens is 596 g/mol. The van der Waals surface area contributed by atoms with Crippen LogP contribution in [0.4, 0.5) is 0 Å². The number of hydrogen-bond donors (Lipinski definition) is 6. The van der Waals surface area contributed by atoms with Gasteiger partial charge in [0.25, 0.3) is 5.56 Å². The molecule has 0 unspecified atom stereocenters. The Hall–Kier alpha value is -5.15. The molecule has 1 aliphatic rings. The molecule has 1 saturated heterocycles. The first-order chi connectivity index (χ1) is 21.0. The van der Waals surface area contributed by atoms with Crippen LogP contribution in [-0.2, 0) is 16.1 Å². The van der Waals surface area contributed by atoms with Crippen molar-refractivity contribution in [3.63, 3.8) is 0 Å². The number of aromatic nitrogens is 2. The van der Waals surface area contributed by atoms with E-state index in [1.54, 1.807) is 0 Å². The maximum Gasteiger partial charge on any atom is 0.339 e. The largest absolute Gasteiger partial charge is 0.478 e. The highest BCUT2D eigenvalue weighted by Crippen LogP contribution is 2.57. The number of nitrogens with zero attached hydrogens (tertiary/aromatic N) is 1. The minimum absolute atomic E-state index is 0.237. The first kappa shape index (κ1) is 30.3. The number of hydrogen-bond acceptors (Lipinski definition) is 9. The van der Waals surface area contributed by atoms with E-state index in [1.165, 1.54) is 72.8 Å². The molecule has 0 radical (unpaired) electrons. The summed E-state index contributed by atoms with van der Waals surface area (Å²) in [6, 6.07) is 17.0. The first-order valence-electron chi connectivity index (χ1n) is 13.0. The number of H-pyrrole nitrogens is 1. The first-order valence-corrected chi connectivity index (χ1v) is 13.4. The molecule has 0 aliphatic carbocycles. The molecular formula is C30H24N2O11S. The number of ether oxygens (including phenoxy) is 2. The zero-order valence-electron chi connectivity index (χ0n) is 22.5. The number of carboxylic acid groups (broad SMARTS) is 3. The molecule has 4 atom stereocenters. The van der Waals surface area contributed by atoms with Crippen LogP contribution in [0.2, 0.25) is 0 Å². The number of aromatic carboxylic acids is 3. The van der Waals surface area contributed by atoms with Crippen LogP contribution >= 0.6 is 12.2 Å². The Bertz CT molecular complexity index is 1900. The maximum atomic E-state index is 12.7. The minimum Gasteiger partial charge on any atom is -0.478 e. The van der Waals surface area contributed by atoms with E-state index in [-0.39, 0.29) is 21.6 Å². The molecule has 1 fully saturated rings. The Morgan fingerprint density at radius 2 is 1.36 bits per heavy atom. The van der Waals surface area contributed by atoms with E-state index in [0.29, 0.717) is 0 Å². The second-order valence-electron chi connectivity index (χ2n) is 9.75. The Labute approximate surface area is 252 Å². The van der Waals surface area contributed by atoms with Gasteiger partial charge in [0.05, 0.1) is 17.7 Å². The van der Waals surface area contributed by atoms with Crippen LogP contribution < -0.4 is 10.3 Å². The van der Waals surface area contributed by atoms with Crippen molar-refractivity contribution in [1.82, 2.24) is 9.55 Å². The summed E-state index contributed by atoms with van der Waals surface area (Å²) < 4.78 is 13.7. The molecule has 14 heteroatoms. The fourth-order valence-corrected chi connectivity index (χ4v) is 5.95. The second kappa shape index (κ2) is 11.5. The zero-order valence-corrected chi connectivity index (χ0v) is 23.3. The highest BCUT2D eigenvalue weighted by atomic mass is 32.1. The zero-order chi connectivity index (χ0) is 31.8. The van der Waals surface area contributed by atoms with Gasteiger partial charge in [-0.05, 0) is 36.5 Å². The van der Waals surface area contributed by atoms with Crippen LogP contribution in [0.1, 0.15) is 42.2 Å². The molecule has 1 aliphatic heterocycles. The van der Waals surface area contributed by atoms with Crippen LogP contribution in [0.25, 0.3) is 0 Å². The molecule has 13 nitrogen and oxygen atoms in total. The van der Waals surface area contributed by atoms with Crippen molar-refractivity contribution in [1.29, 1.82) is 0 Å². The third-order valence-corrected chi connectivity index (χ3v) is 7.70. The SMILES string of the molecule is O=C(O)c1ccccc1O[C@]1(c2ccccc2C(=O)O)[C@H](O)[C@@H](CO)O[C@@]1(c1ccccc1C(=O)O)n1ccc(=O)[nH]c1=S. The van der Waals surface area contributed by atoms with Crippen molar-refractivity contribution in [3.05, 3.63) is 128 Å². The van der Waals surface area contributed by atoms with Gasteiger partial charge < -0.3 is 35.0 Å². The summed E-state index contributed by atoms with van der Waals surface area (Å²) in [6.45, 7) is -0.893. The molecule has 0 bridgehead atoms. The highest BCUT2D eigenvalue weighted by molar-refractivity contribution is 7.71. The lowest BCUT2D eigenvalue weighted by atomic mass is 9.73. The van der Waals surface area contributed by atoms with Crippen molar-refractivity contribution in [3.8, 4) is 5.75 Å². The molecule has 226 valence electrons. The van der Waals surface area contributed by atoms with E-state index in [1.807, 2.05) is 0 Å². The van der Waals surface area contributed by atoms with Gasteiger partial charge >= 0.3 is 17.9 Å². The minimum atomic E-state index is -2.61. The Balaban J connectivity index is 2.08. The number of benzene rings is 3. The molecule has 0 saturated carbocycles. The van der Waals surface area contributed by atoms with Gasteiger partial charge in [-0.1, -0.05) is 48.5 Å². The van der Waals surface area contributed by atoms with E-state index in [2.05, 4.69) is 4.98 Å². The van der Waals surface area contributed by atoms with Gasteiger partial charge in [-0.2, -0.15) is 0 Å². The lowest BCUT2D eigenvalue weighted by Gasteiger charge is -2.47. The van der Waals surface area contributed by atoms with E-state index in [9.17, 15) is 44.7 Å². The number of para-hydroxylation sites is 1. The fourth-order valence-electron chi connectivity index (χ4n) is 5.66. The third kappa shape index (κ3) is 4.57. The Kier molecular flexibility index (Phi) is 7.92. The number of nitrogens with one attached hydrogen (secondary N) is 1. The average molecular weight is 621 g/mol. The summed E-state index contributed by atoms with van der Waals surface area (Å²) in [7, 11) is 0. The predicted octanol–water partition coefficient (Wildman–Crippen LogP) is 2.43. The molecule has 3 aromatic carbocycles. The van der Waals surface area contributed by atoms with E-state index in [4.69, 9.17) is 21.7 Å². The monoisotopic (exact) mass is 620 g/mol. The van der Waals surface area contributed by atoms with E-state index >= 15 is 0 Å². The Morgan fingerprint density at radius 1 is 0.841 bits per heavy atom. The quantitative estimate of drug-likeness (QED) is 0.149. The highest BCUT2D eigenvalue weighted by Gasteiger charge is 2.72. The number of carboxylic acids is 3. The van der Waals surface area contributed by atoms with Gasteiger partial charge in [0.1, 0.15) is 23.5 Å². The number of aliphatic hydroxyl groups excluding tert-OH is 2. The molecule has 0 spiro atoms. The van der Waals surface area contributed by atoms with Crippen molar-refractivity contribution >= 4 is 30.1 Å². The maximum absolute atomic E-state index is 12.7. The summed E-state index contributed by atoms with van der Waals surface area (Å²) in [5.41, 5.74) is -7.55. The molecule has 5 rings (SSSR count). The number of rotatable bonds is 9. The summed E-state index contributed by atoms with van der Waals surface area (Å²) in [5.74, 6) is -4.76. The number of aromatic amines is 1. The van der Waals surface area contributed by atoms with Gasteiger partial charge in [0, 0.05) is 23.4 Å². The van der Waals surface area contributed by atoms with Gasteiger partial charge in [0.15, 0.2) is 4.77 Å². The lowest BCUT2D eigenvalue weighted by Crippen LogP contribution is -2.61. The predicted molar refractivity (Wildman–Crippen MR) is 153 cm³/mol. The van der Waals surface area contributed by atoms with Gasteiger partial charge in [-0.25, -0.2) is 14.4 Å². The number of carbonyl (C=O) groups is 3. The van der Waals surface area contributed by atoms with Crippen LogP contribution in [0.3, 0.4) is 0 Å². The van der Waals surface area contributed by atoms with Gasteiger partial charge in [0.2, 0.25) is 11.3 Å². The molecule has 2 heterocycles. The third-order valence-electron chi connectivity index (χ3n) is 7.41.